The number of hydrogen-bond acceptors (Lipinski definition) is 2. The number of isothiocyanates is 1. The van der Waals surface area contributed by atoms with Crippen LogP contribution in [-0.2, 0) is 12.8 Å². The van der Waals surface area contributed by atoms with Gasteiger partial charge in [0.15, 0.2) is 0 Å². The molecule has 1 nitrogen and oxygen atoms in total. The first kappa shape index (κ1) is 17.2. The van der Waals surface area contributed by atoms with E-state index in [0.29, 0.717) is 0 Å². The summed E-state index contributed by atoms with van der Waals surface area (Å²) in [4.78, 5) is 3.70. The normalized spacial score (nSPS) is 10.3. The SMILES string of the molecule is Cc1ccc(-c2ccc(CCc3ccc(N=C=S)c(F)c3)cc2)cc1. The van der Waals surface area contributed by atoms with Gasteiger partial charge in [0, 0.05) is 0 Å². The zero-order valence-corrected chi connectivity index (χ0v) is 14.8. The summed E-state index contributed by atoms with van der Waals surface area (Å²) in [5, 5.41) is 2.19. The number of thiocarbonyl (C=S) groups is 1. The van der Waals surface area contributed by atoms with Gasteiger partial charge in [-0.3, -0.25) is 0 Å². The minimum absolute atomic E-state index is 0.237. The van der Waals surface area contributed by atoms with E-state index in [1.807, 2.05) is 6.07 Å². The van der Waals surface area contributed by atoms with Crippen LogP contribution in [0.5, 0.6) is 0 Å². The van der Waals surface area contributed by atoms with Gasteiger partial charge >= 0.3 is 0 Å². The van der Waals surface area contributed by atoms with Gasteiger partial charge in [-0.15, -0.1) is 0 Å². The van der Waals surface area contributed by atoms with Gasteiger partial charge in [-0.25, -0.2) is 4.39 Å². The summed E-state index contributed by atoms with van der Waals surface area (Å²) in [6.45, 7) is 2.09. The van der Waals surface area contributed by atoms with Gasteiger partial charge in [0.2, 0.25) is 0 Å². The largest absolute Gasteiger partial charge is 0.205 e. The van der Waals surface area contributed by atoms with E-state index in [1.165, 1.54) is 28.3 Å². The summed E-state index contributed by atoms with van der Waals surface area (Å²) >= 11 is 4.51. The molecule has 3 rings (SSSR count). The van der Waals surface area contributed by atoms with E-state index in [-0.39, 0.29) is 11.5 Å². The molecule has 0 spiro atoms. The third kappa shape index (κ3) is 4.48. The number of nitrogens with zero attached hydrogens (tertiary/aromatic N) is 1. The lowest BCUT2D eigenvalue weighted by molar-refractivity contribution is 0.627. The van der Waals surface area contributed by atoms with Crippen molar-refractivity contribution in [1.82, 2.24) is 0 Å². The standard InChI is InChI=1S/C22H18FNS/c1-16-2-9-19(10-3-16)20-11-6-17(7-12-20)4-5-18-8-13-22(24-15-25)21(23)14-18/h2-3,6-14H,4-5H2,1H3. The first-order valence-electron chi connectivity index (χ1n) is 8.18. The summed E-state index contributed by atoms with van der Waals surface area (Å²) in [6.07, 6.45) is 1.64. The van der Waals surface area contributed by atoms with Crippen LogP contribution in [0.15, 0.2) is 71.7 Å². The average molecular weight is 347 g/mol. The Hall–Kier alpha value is -2.61. The molecule has 25 heavy (non-hydrogen) atoms. The Bertz CT molecular complexity index is 908. The predicted octanol–water partition coefficient (Wildman–Crippen LogP) is 6.32. The molecule has 124 valence electrons. The van der Waals surface area contributed by atoms with Crippen molar-refractivity contribution in [1.29, 1.82) is 0 Å². The number of rotatable bonds is 5. The first-order chi connectivity index (χ1) is 12.2. The lowest BCUT2D eigenvalue weighted by Crippen LogP contribution is -1.92. The Morgan fingerprint density at radius 2 is 1.40 bits per heavy atom. The highest BCUT2D eigenvalue weighted by molar-refractivity contribution is 7.78. The molecule has 0 fully saturated rings. The molecule has 0 saturated heterocycles. The van der Waals surface area contributed by atoms with Crippen LogP contribution < -0.4 is 0 Å². The lowest BCUT2D eigenvalue weighted by atomic mass is 9.99. The molecule has 0 aromatic heterocycles. The molecule has 0 atom stereocenters. The Morgan fingerprint density at radius 1 is 0.840 bits per heavy atom. The molecule has 0 unspecified atom stereocenters. The van der Waals surface area contributed by atoms with E-state index in [4.69, 9.17) is 0 Å². The maximum Gasteiger partial charge on any atom is 0.149 e. The second-order valence-corrected chi connectivity index (χ2v) is 6.23. The first-order valence-corrected chi connectivity index (χ1v) is 8.59. The summed E-state index contributed by atoms with van der Waals surface area (Å²) in [6, 6.07) is 22.1. The minimum Gasteiger partial charge on any atom is -0.205 e. The van der Waals surface area contributed by atoms with Gasteiger partial charge in [-0.1, -0.05) is 60.2 Å². The van der Waals surface area contributed by atoms with Crippen molar-refractivity contribution in [3.63, 3.8) is 0 Å². The molecule has 0 N–H and O–H groups in total. The smallest absolute Gasteiger partial charge is 0.149 e. The van der Waals surface area contributed by atoms with Crippen LogP contribution in [0.4, 0.5) is 10.1 Å². The van der Waals surface area contributed by atoms with Crippen LogP contribution in [-0.4, -0.2) is 5.16 Å². The number of aryl methyl sites for hydroxylation is 3. The number of aliphatic imine (C=N–C) groups is 1. The topological polar surface area (TPSA) is 12.4 Å². The van der Waals surface area contributed by atoms with E-state index < -0.39 is 0 Å². The molecular formula is C22H18FNS. The third-order valence-corrected chi connectivity index (χ3v) is 4.31. The van der Waals surface area contributed by atoms with Crippen LogP contribution in [0.3, 0.4) is 0 Å². The zero-order chi connectivity index (χ0) is 17.6. The third-order valence-electron chi connectivity index (χ3n) is 4.22. The van der Waals surface area contributed by atoms with Crippen molar-refractivity contribution in [2.75, 3.05) is 0 Å². The molecule has 0 saturated carbocycles. The Morgan fingerprint density at radius 3 is 2.00 bits per heavy atom. The second kappa shape index (κ2) is 7.98. The molecule has 0 heterocycles. The minimum atomic E-state index is -0.357. The fourth-order valence-electron chi connectivity index (χ4n) is 2.74. The summed E-state index contributed by atoms with van der Waals surface area (Å²) in [7, 11) is 0. The van der Waals surface area contributed by atoms with Gasteiger partial charge in [-0.05, 0) is 66.4 Å². The lowest BCUT2D eigenvalue weighted by Gasteiger charge is -2.06. The average Bonchev–Trinajstić information content (AvgIpc) is 2.63. The van der Waals surface area contributed by atoms with Gasteiger partial charge in [0.1, 0.15) is 11.5 Å². The van der Waals surface area contributed by atoms with Gasteiger partial charge in [0.25, 0.3) is 0 Å². The van der Waals surface area contributed by atoms with Crippen LogP contribution >= 0.6 is 12.2 Å². The number of hydrogen-bond donors (Lipinski definition) is 0. The van der Waals surface area contributed by atoms with E-state index >= 15 is 0 Å². The molecule has 0 radical (unpaired) electrons. The predicted molar refractivity (Wildman–Crippen MR) is 105 cm³/mol. The second-order valence-electron chi connectivity index (χ2n) is 6.05. The molecule has 3 aromatic carbocycles. The van der Waals surface area contributed by atoms with E-state index in [1.54, 1.807) is 6.07 Å². The summed E-state index contributed by atoms with van der Waals surface area (Å²) < 4.78 is 13.9. The number of benzene rings is 3. The van der Waals surface area contributed by atoms with Gasteiger partial charge in [-0.2, -0.15) is 4.99 Å². The monoisotopic (exact) mass is 347 g/mol. The number of halogens is 1. The van der Waals surface area contributed by atoms with Crippen molar-refractivity contribution in [3.05, 3.63) is 89.2 Å². The molecule has 0 bridgehead atoms. The van der Waals surface area contributed by atoms with Crippen molar-refractivity contribution < 1.29 is 4.39 Å². The van der Waals surface area contributed by atoms with Gasteiger partial charge in [0.05, 0.1) is 5.16 Å². The molecule has 3 heteroatoms. The van der Waals surface area contributed by atoms with Crippen molar-refractivity contribution >= 4 is 23.1 Å². The molecule has 0 aliphatic carbocycles. The quantitative estimate of drug-likeness (QED) is 0.388. The van der Waals surface area contributed by atoms with Crippen LogP contribution in [0.25, 0.3) is 11.1 Å². The van der Waals surface area contributed by atoms with E-state index in [2.05, 4.69) is 77.8 Å². The maximum atomic E-state index is 13.9. The van der Waals surface area contributed by atoms with E-state index in [9.17, 15) is 4.39 Å². The molecule has 3 aromatic rings. The molecular weight excluding hydrogens is 329 g/mol. The Balaban J connectivity index is 1.66. The zero-order valence-electron chi connectivity index (χ0n) is 14.0. The van der Waals surface area contributed by atoms with Gasteiger partial charge < -0.3 is 0 Å². The van der Waals surface area contributed by atoms with Crippen molar-refractivity contribution in [2.24, 2.45) is 4.99 Å². The Kier molecular flexibility index (Phi) is 5.49. The fraction of sp³-hybridized carbons (Fsp3) is 0.136. The highest BCUT2D eigenvalue weighted by atomic mass is 32.1. The maximum absolute atomic E-state index is 13.9. The highest BCUT2D eigenvalue weighted by Gasteiger charge is 2.04. The van der Waals surface area contributed by atoms with Crippen molar-refractivity contribution in [3.8, 4) is 11.1 Å². The highest BCUT2D eigenvalue weighted by Crippen LogP contribution is 2.22. The van der Waals surface area contributed by atoms with Crippen LogP contribution in [0, 0.1) is 12.7 Å². The molecule has 0 aliphatic heterocycles. The van der Waals surface area contributed by atoms with Crippen LogP contribution in [0.2, 0.25) is 0 Å². The Labute approximate surface area is 152 Å². The van der Waals surface area contributed by atoms with E-state index in [0.717, 1.165) is 18.4 Å². The summed E-state index contributed by atoms with van der Waals surface area (Å²) in [5.74, 6) is -0.357. The fourth-order valence-corrected chi connectivity index (χ4v) is 2.84. The van der Waals surface area contributed by atoms with Crippen LogP contribution in [0.1, 0.15) is 16.7 Å². The summed E-state index contributed by atoms with van der Waals surface area (Å²) in [5.41, 5.74) is 6.10. The molecule has 0 amide bonds. The van der Waals surface area contributed by atoms with Crippen molar-refractivity contribution in [2.45, 2.75) is 19.8 Å². The molecule has 0 aliphatic rings.